The quantitative estimate of drug-likeness (QED) is 0.534. The van der Waals surface area contributed by atoms with E-state index in [-0.39, 0.29) is 18.2 Å². The van der Waals surface area contributed by atoms with Crippen LogP contribution in [-0.4, -0.2) is 85.2 Å². The van der Waals surface area contributed by atoms with Gasteiger partial charge in [0.25, 0.3) is 0 Å². The molecule has 1 aromatic rings. The fraction of sp³-hybridized carbons (Fsp3) is 0.440. The number of allylic oxidation sites excluding steroid dienone is 1. The van der Waals surface area contributed by atoms with Crippen LogP contribution in [0.3, 0.4) is 0 Å². The Morgan fingerprint density at radius 3 is 2.36 bits per heavy atom. The molecule has 0 bridgehead atoms. The number of esters is 1. The average Bonchev–Trinajstić information content (AvgIpc) is 3.28. The predicted molar refractivity (Wildman–Crippen MR) is 135 cm³/mol. The smallest absolute Gasteiger partial charge is 0.338 e. The Hall–Kier alpha value is -3.47. The standard InChI is InChI=1S/C25H30N4O6S/c1-15-22(24(32)35-5)23(19-13-18(33-3)6-7-20(19)34-4)29-17(14-36-25(29)26-15)12-21(31)28-10-8-27(9-11-28)16(2)30/h6-7,13-14,23H,8-12H2,1-5H3/t23-/m1/s1. The lowest BCUT2D eigenvalue weighted by Crippen LogP contribution is -2.50. The normalized spacial score (nSPS) is 19.5. The molecule has 0 radical (unpaired) electrons. The van der Waals surface area contributed by atoms with Crippen molar-refractivity contribution in [1.29, 1.82) is 0 Å². The van der Waals surface area contributed by atoms with Gasteiger partial charge in [-0.05, 0) is 30.5 Å². The van der Waals surface area contributed by atoms with Crippen LogP contribution in [0.5, 0.6) is 11.5 Å². The van der Waals surface area contributed by atoms with Gasteiger partial charge in [-0.25, -0.2) is 9.79 Å². The Kier molecular flexibility index (Phi) is 7.58. The van der Waals surface area contributed by atoms with E-state index in [0.717, 1.165) is 5.70 Å². The molecule has 1 aromatic carbocycles. The molecular weight excluding hydrogens is 484 g/mol. The van der Waals surface area contributed by atoms with Crippen molar-refractivity contribution in [3.8, 4) is 11.5 Å². The fourth-order valence-corrected chi connectivity index (χ4v) is 5.59. The molecule has 3 aliphatic heterocycles. The number of rotatable bonds is 6. The van der Waals surface area contributed by atoms with Crippen LogP contribution >= 0.6 is 11.8 Å². The number of benzene rings is 1. The Balaban J connectivity index is 1.68. The van der Waals surface area contributed by atoms with E-state index >= 15 is 0 Å². The number of amides is 2. The molecule has 0 saturated carbocycles. The van der Waals surface area contributed by atoms with Gasteiger partial charge in [-0.3, -0.25) is 9.59 Å². The highest BCUT2D eigenvalue weighted by molar-refractivity contribution is 8.16. The first-order valence-corrected chi connectivity index (χ1v) is 12.4. The summed E-state index contributed by atoms with van der Waals surface area (Å²) in [6, 6.07) is 4.77. The molecule has 1 saturated heterocycles. The summed E-state index contributed by atoms with van der Waals surface area (Å²) in [5, 5.41) is 2.56. The van der Waals surface area contributed by atoms with Gasteiger partial charge in [-0.2, -0.15) is 0 Å². The molecule has 1 atom stereocenters. The number of fused-ring (bicyclic) bond motifs is 1. The lowest BCUT2D eigenvalue weighted by molar-refractivity contribution is -0.138. The van der Waals surface area contributed by atoms with Crippen LogP contribution in [0.1, 0.15) is 31.9 Å². The van der Waals surface area contributed by atoms with Crippen molar-refractivity contribution in [2.75, 3.05) is 47.5 Å². The summed E-state index contributed by atoms with van der Waals surface area (Å²) < 4.78 is 16.2. The maximum absolute atomic E-state index is 13.3. The first-order valence-electron chi connectivity index (χ1n) is 11.6. The van der Waals surface area contributed by atoms with Crippen LogP contribution in [0.25, 0.3) is 0 Å². The zero-order chi connectivity index (χ0) is 26.0. The summed E-state index contributed by atoms with van der Waals surface area (Å²) in [5.74, 6) is 0.633. The van der Waals surface area contributed by atoms with Crippen LogP contribution in [0.2, 0.25) is 0 Å². The van der Waals surface area contributed by atoms with Crippen LogP contribution in [-0.2, 0) is 19.1 Å². The molecule has 3 heterocycles. The highest BCUT2D eigenvalue weighted by Gasteiger charge is 2.42. The zero-order valence-electron chi connectivity index (χ0n) is 21.1. The second-order valence-corrected chi connectivity index (χ2v) is 9.39. The van der Waals surface area contributed by atoms with Crippen molar-refractivity contribution in [3.63, 3.8) is 0 Å². The van der Waals surface area contributed by atoms with E-state index in [1.165, 1.54) is 25.8 Å². The van der Waals surface area contributed by atoms with E-state index in [0.29, 0.717) is 59.7 Å². The SMILES string of the molecule is COC(=O)C1=C(C)N=C2SC=C(CC(=O)N3CCN(C(C)=O)CC3)N2[C@@H]1c1cc(OC)ccc1OC. The fourth-order valence-electron chi connectivity index (χ4n) is 4.63. The maximum Gasteiger partial charge on any atom is 0.338 e. The molecule has 3 aliphatic rings. The van der Waals surface area contributed by atoms with E-state index in [4.69, 9.17) is 14.2 Å². The number of carbonyl (C=O) groups is 3. The summed E-state index contributed by atoms with van der Waals surface area (Å²) in [5.41, 5.74) is 2.32. The molecule has 4 rings (SSSR count). The van der Waals surface area contributed by atoms with Crippen LogP contribution in [0, 0.1) is 0 Å². The lowest BCUT2D eigenvalue weighted by atomic mass is 9.92. The molecule has 2 amide bonds. The second-order valence-electron chi connectivity index (χ2n) is 8.56. The molecule has 0 aromatic heterocycles. The Morgan fingerprint density at radius 2 is 1.75 bits per heavy atom. The molecule has 0 N–H and O–H groups in total. The van der Waals surface area contributed by atoms with Gasteiger partial charge in [0.15, 0.2) is 5.17 Å². The highest BCUT2D eigenvalue weighted by Crippen LogP contribution is 2.47. The third-order valence-corrected chi connectivity index (χ3v) is 7.44. The van der Waals surface area contributed by atoms with E-state index in [2.05, 4.69) is 4.99 Å². The van der Waals surface area contributed by atoms with Crippen molar-refractivity contribution in [2.24, 2.45) is 4.99 Å². The van der Waals surface area contributed by atoms with Gasteiger partial charge in [0.2, 0.25) is 11.8 Å². The molecule has 1 fully saturated rings. The molecule has 36 heavy (non-hydrogen) atoms. The molecular formula is C25H30N4O6S. The monoisotopic (exact) mass is 514 g/mol. The Morgan fingerprint density at radius 1 is 1.06 bits per heavy atom. The number of ether oxygens (including phenoxy) is 3. The maximum atomic E-state index is 13.3. The van der Waals surface area contributed by atoms with Gasteiger partial charge >= 0.3 is 5.97 Å². The van der Waals surface area contributed by atoms with Gasteiger partial charge < -0.3 is 28.9 Å². The van der Waals surface area contributed by atoms with Crippen molar-refractivity contribution in [2.45, 2.75) is 26.3 Å². The molecule has 10 nitrogen and oxygen atoms in total. The molecule has 192 valence electrons. The first-order chi connectivity index (χ1) is 17.3. The molecule has 0 aliphatic carbocycles. The number of amidine groups is 1. The van der Waals surface area contributed by atoms with E-state index in [1.54, 1.807) is 43.1 Å². The van der Waals surface area contributed by atoms with E-state index in [1.807, 2.05) is 16.4 Å². The minimum atomic E-state index is -0.626. The zero-order valence-corrected chi connectivity index (χ0v) is 21.9. The number of piperazine rings is 1. The number of hydrogen-bond acceptors (Lipinski definition) is 9. The second kappa shape index (κ2) is 10.7. The predicted octanol–water partition coefficient (Wildman–Crippen LogP) is 2.53. The minimum Gasteiger partial charge on any atom is -0.497 e. The number of methoxy groups -OCH3 is 3. The van der Waals surface area contributed by atoms with Crippen LogP contribution in [0.4, 0.5) is 0 Å². The summed E-state index contributed by atoms with van der Waals surface area (Å²) in [6.07, 6.45) is 0.127. The van der Waals surface area contributed by atoms with Crippen molar-refractivity contribution >= 4 is 34.7 Å². The third-order valence-electron chi connectivity index (χ3n) is 6.55. The largest absolute Gasteiger partial charge is 0.497 e. The van der Waals surface area contributed by atoms with Gasteiger partial charge in [-0.15, -0.1) is 0 Å². The molecule has 11 heteroatoms. The average molecular weight is 515 g/mol. The van der Waals surface area contributed by atoms with E-state index in [9.17, 15) is 14.4 Å². The third kappa shape index (κ3) is 4.79. The molecule has 0 unspecified atom stereocenters. The van der Waals surface area contributed by atoms with Crippen LogP contribution < -0.4 is 9.47 Å². The van der Waals surface area contributed by atoms with Crippen LogP contribution in [0.15, 0.2) is 45.6 Å². The van der Waals surface area contributed by atoms with Gasteiger partial charge in [0.05, 0.1) is 45.1 Å². The lowest BCUT2D eigenvalue weighted by Gasteiger charge is -2.38. The summed E-state index contributed by atoms with van der Waals surface area (Å²) >= 11 is 1.41. The minimum absolute atomic E-state index is 0.0127. The highest BCUT2D eigenvalue weighted by atomic mass is 32.2. The van der Waals surface area contributed by atoms with E-state index < -0.39 is 12.0 Å². The van der Waals surface area contributed by atoms with Crippen molar-refractivity contribution in [1.82, 2.24) is 14.7 Å². The van der Waals surface area contributed by atoms with Crippen molar-refractivity contribution < 1.29 is 28.6 Å². The topological polar surface area (TPSA) is 101 Å². The number of aliphatic imine (C=N–C) groups is 1. The Labute approximate surface area is 214 Å². The van der Waals surface area contributed by atoms with Gasteiger partial charge in [0, 0.05) is 44.4 Å². The number of nitrogens with zero attached hydrogens (tertiary/aromatic N) is 4. The number of carbonyl (C=O) groups excluding carboxylic acids is 3. The first kappa shape index (κ1) is 25.6. The van der Waals surface area contributed by atoms with Crippen molar-refractivity contribution in [3.05, 3.63) is 46.1 Å². The number of thioether (sulfide) groups is 1. The summed E-state index contributed by atoms with van der Waals surface area (Å²) in [7, 11) is 4.47. The number of hydrogen-bond donors (Lipinski definition) is 0. The Bertz CT molecular complexity index is 1170. The summed E-state index contributed by atoms with van der Waals surface area (Å²) in [6.45, 7) is 5.32. The van der Waals surface area contributed by atoms with Gasteiger partial charge in [-0.1, -0.05) is 11.8 Å². The molecule has 0 spiro atoms. The summed E-state index contributed by atoms with van der Waals surface area (Å²) in [4.78, 5) is 48.0. The van der Waals surface area contributed by atoms with Gasteiger partial charge in [0.1, 0.15) is 11.5 Å².